The molecule has 1 atom stereocenters. The predicted octanol–water partition coefficient (Wildman–Crippen LogP) is 8.92. The average molecular weight is 425 g/mol. The van der Waals surface area contributed by atoms with Crippen molar-refractivity contribution in [2.75, 3.05) is 0 Å². The third kappa shape index (κ3) is 19.1. The molecule has 0 aliphatic heterocycles. The van der Waals surface area contributed by atoms with Gasteiger partial charge < -0.3 is 4.74 Å². The first-order valence-corrected chi connectivity index (χ1v) is 13.4. The maximum absolute atomic E-state index is 12.6. The Morgan fingerprint density at radius 3 is 1.33 bits per heavy atom. The van der Waals surface area contributed by atoms with Gasteiger partial charge in [0.2, 0.25) is 0 Å². The zero-order valence-electron chi connectivity index (χ0n) is 20.7. The van der Waals surface area contributed by atoms with Crippen LogP contribution in [0.25, 0.3) is 0 Å². The zero-order valence-corrected chi connectivity index (χ0v) is 20.7. The van der Waals surface area contributed by atoms with Gasteiger partial charge in [0.15, 0.2) is 0 Å². The summed E-state index contributed by atoms with van der Waals surface area (Å²) in [5.74, 6) is -0.664. The summed E-state index contributed by atoms with van der Waals surface area (Å²) in [5, 5.41) is 0. The van der Waals surface area contributed by atoms with Gasteiger partial charge in [-0.25, -0.2) is 0 Å². The van der Waals surface area contributed by atoms with Crippen LogP contribution in [-0.2, 0) is 14.3 Å². The van der Waals surface area contributed by atoms with Gasteiger partial charge in [-0.2, -0.15) is 0 Å². The molecule has 0 rings (SSSR count). The summed E-state index contributed by atoms with van der Waals surface area (Å²) >= 11 is 0. The molecule has 1 unspecified atom stereocenters. The summed E-state index contributed by atoms with van der Waals surface area (Å²) in [6.07, 6.45) is 23.8. The SMILES string of the molecule is CCCCCCCCCCC(CCCCCCCC)C(=O)OC(=O)CCCCCC. The number of carbonyl (C=O) groups excluding carboxylic acids is 2. The summed E-state index contributed by atoms with van der Waals surface area (Å²) in [6.45, 7) is 6.63. The van der Waals surface area contributed by atoms with E-state index >= 15 is 0 Å². The average Bonchev–Trinajstić information content (AvgIpc) is 2.73. The summed E-state index contributed by atoms with van der Waals surface area (Å²) in [7, 11) is 0. The number of hydrogen-bond acceptors (Lipinski definition) is 3. The number of unbranched alkanes of at least 4 members (excludes halogenated alkanes) is 15. The normalized spacial score (nSPS) is 12.1. The van der Waals surface area contributed by atoms with E-state index in [-0.39, 0.29) is 17.9 Å². The molecule has 0 saturated carbocycles. The maximum atomic E-state index is 12.6. The largest absolute Gasteiger partial charge is 0.393 e. The van der Waals surface area contributed by atoms with Crippen LogP contribution in [0, 0.1) is 5.92 Å². The fourth-order valence-corrected chi connectivity index (χ4v) is 4.02. The molecule has 0 aliphatic carbocycles. The third-order valence-electron chi connectivity index (χ3n) is 6.09. The Hall–Kier alpha value is -0.860. The molecule has 178 valence electrons. The first kappa shape index (κ1) is 29.1. The van der Waals surface area contributed by atoms with E-state index in [9.17, 15) is 9.59 Å². The van der Waals surface area contributed by atoms with Gasteiger partial charge in [0, 0.05) is 6.42 Å². The van der Waals surface area contributed by atoms with Crippen LogP contribution in [0.3, 0.4) is 0 Å². The maximum Gasteiger partial charge on any atom is 0.316 e. The molecule has 30 heavy (non-hydrogen) atoms. The molecule has 3 nitrogen and oxygen atoms in total. The van der Waals surface area contributed by atoms with Crippen molar-refractivity contribution < 1.29 is 14.3 Å². The summed E-state index contributed by atoms with van der Waals surface area (Å²) in [5.41, 5.74) is 0. The van der Waals surface area contributed by atoms with E-state index in [2.05, 4.69) is 20.8 Å². The molecule has 0 aromatic heterocycles. The van der Waals surface area contributed by atoms with E-state index < -0.39 is 0 Å². The van der Waals surface area contributed by atoms with Crippen LogP contribution in [0.4, 0.5) is 0 Å². The smallest absolute Gasteiger partial charge is 0.316 e. The van der Waals surface area contributed by atoms with Gasteiger partial charge >= 0.3 is 11.9 Å². The van der Waals surface area contributed by atoms with Crippen molar-refractivity contribution in [1.82, 2.24) is 0 Å². The van der Waals surface area contributed by atoms with E-state index in [0.717, 1.165) is 51.4 Å². The second-order valence-electron chi connectivity index (χ2n) is 9.12. The molecule has 0 aromatic rings. The minimum atomic E-state index is -0.319. The molecular weight excluding hydrogens is 372 g/mol. The van der Waals surface area contributed by atoms with Crippen LogP contribution in [0.5, 0.6) is 0 Å². The monoisotopic (exact) mass is 424 g/mol. The van der Waals surface area contributed by atoms with Gasteiger partial charge in [-0.15, -0.1) is 0 Å². The standard InChI is InChI=1S/C27H52O3/c1-4-7-10-13-15-16-18-20-23-25(22-19-17-14-11-8-5-2)27(29)30-26(28)24-21-12-9-6-3/h25H,4-24H2,1-3H3. The molecule has 0 N–H and O–H groups in total. The van der Waals surface area contributed by atoms with Crippen molar-refractivity contribution in [3.63, 3.8) is 0 Å². The fourth-order valence-electron chi connectivity index (χ4n) is 4.02. The van der Waals surface area contributed by atoms with Crippen molar-refractivity contribution in [2.24, 2.45) is 5.92 Å². The van der Waals surface area contributed by atoms with Crippen LogP contribution in [0.15, 0.2) is 0 Å². The topological polar surface area (TPSA) is 43.4 Å². The van der Waals surface area contributed by atoms with Crippen molar-refractivity contribution in [3.05, 3.63) is 0 Å². The Morgan fingerprint density at radius 1 is 0.533 bits per heavy atom. The van der Waals surface area contributed by atoms with Crippen LogP contribution in [-0.4, -0.2) is 11.9 Å². The molecule has 0 aromatic carbocycles. The lowest BCUT2D eigenvalue weighted by molar-refractivity contribution is -0.163. The number of rotatable bonds is 22. The van der Waals surface area contributed by atoms with Crippen molar-refractivity contribution in [2.45, 2.75) is 156 Å². The molecular formula is C27H52O3. The third-order valence-corrected chi connectivity index (χ3v) is 6.09. The van der Waals surface area contributed by atoms with Crippen LogP contribution in [0.1, 0.15) is 156 Å². The Balaban J connectivity index is 4.20. The van der Waals surface area contributed by atoms with Crippen molar-refractivity contribution >= 4 is 11.9 Å². The zero-order chi connectivity index (χ0) is 22.3. The first-order valence-electron chi connectivity index (χ1n) is 13.4. The number of carbonyl (C=O) groups is 2. The van der Waals surface area contributed by atoms with E-state index in [1.54, 1.807) is 0 Å². The Kier molecular flexibility index (Phi) is 22.2. The lowest BCUT2D eigenvalue weighted by Crippen LogP contribution is -2.21. The van der Waals surface area contributed by atoms with Crippen molar-refractivity contribution in [1.29, 1.82) is 0 Å². The van der Waals surface area contributed by atoms with Gasteiger partial charge in [0.25, 0.3) is 0 Å². The lowest BCUT2D eigenvalue weighted by Gasteiger charge is -2.15. The van der Waals surface area contributed by atoms with Crippen LogP contribution in [0.2, 0.25) is 0 Å². The molecule has 0 amide bonds. The summed E-state index contributed by atoms with van der Waals surface area (Å²) < 4.78 is 5.23. The number of ether oxygens (including phenoxy) is 1. The quantitative estimate of drug-likeness (QED) is 0.0989. The van der Waals surface area contributed by atoms with E-state index in [1.807, 2.05) is 0 Å². The van der Waals surface area contributed by atoms with Gasteiger partial charge in [-0.3, -0.25) is 9.59 Å². The number of hydrogen-bond donors (Lipinski definition) is 0. The van der Waals surface area contributed by atoms with Crippen LogP contribution >= 0.6 is 0 Å². The highest BCUT2D eigenvalue weighted by molar-refractivity contribution is 5.86. The fraction of sp³-hybridized carbons (Fsp3) is 0.926. The molecule has 3 heteroatoms. The molecule has 0 bridgehead atoms. The minimum absolute atomic E-state index is 0.0872. The first-order chi connectivity index (χ1) is 14.7. The second-order valence-corrected chi connectivity index (χ2v) is 9.12. The summed E-state index contributed by atoms with van der Waals surface area (Å²) in [4.78, 5) is 24.6. The molecule has 0 fully saturated rings. The molecule has 0 spiro atoms. The van der Waals surface area contributed by atoms with E-state index in [1.165, 1.54) is 77.0 Å². The van der Waals surface area contributed by atoms with Crippen LogP contribution < -0.4 is 0 Å². The highest BCUT2D eigenvalue weighted by Crippen LogP contribution is 2.21. The Morgan fingerprint density at radius 2 is 0.900 bits per heavy atom. The Bertz CT molecular complexity index is 392. The number of esters is 2. The Labute approximate surface area is 188 Å². The summed E-state index contributed by atoms with van der Waals surface area (Å²) in [6, 6.07) is 0. The predicted molar refractivity (Wildman–Crippen MR) is 129 cm³/mol. The van der Waals surface area contributed by atoms with Gasteiger partial charge in [-0.05, 0) is 19.3 Å². The molecule has 0 heterocycles. The van der Waals surface area contributed by atoms with E-state index in [4.69, 9.17) is 4.74 Å². The van der Waals surface area contributed by atoms with Gasteiger partial charge in [-0.1, -0.05) is 130 Å². The van der Waals surface area contributed by atoms with Gasteiger partial charge in [0.05, 0.1) is 5.92 Å². The highest BCUT2D eigenvalue weighted by atomic mass is 16.6. The highest BCUT2D eigenvalue weighted by Gasteiger charge is 2.22. The van der Waals surface area contributed by atoms with Crippen molar-refractivity contribution in [3.8, 4) is 0 Å². The van der Waals surface area contributed by atoms with E-state index in [0.29, 0.717) is 6.42 Å². The lowest BCUT2D eigenvalue weighted by atomic mass is 9.94. The molecule has 0 aliphatic rings. The second kappa shape index (κ2) is 22.8. The van der Waals surface area contributed by atoms with Gasteiger partial charge in [0.1, 0.15) is 0 Å². The molecule has 0 saturated heterocycles. The minimum Gasteiger partial charge on any atom is -0.393 e. The molecule has 0 radical (unpaired) electrons.